The molecule has 1 unspecified atom stereocenters. The number of amides is 2. The van der Waals surface area contributed by atoms with Gasteiger partial charge in [0.05, 0.1) is 29.9 Å². The van der Waals surface area contributed by atoms with Gasteiger partial charge < -0.3 is 34.8 Å². The molecule has 0 spiro atoms. The molecule has 0 aliphatic carbocycles. The van der Waals surface area contributed by atoms with Gasteiger partial charge in [-0.05, 0) is 80.2 Å². The van der Waals surface area contributed by atoms with Gasteiger partial charge in [-0.2, -0.15) is 0 Å². The number of nitrogens with zero attached hydrogens (tertiary/aromatic N) is 5. The number of fused-ring (bicyclic) bond motifs is 1. The monoisotopic (exact) mass is 788 g/mol. The second-order valence-corrected chi connectivity index (χ2v) is 16.7. The van der Waals surface area contributed by atoms with E-state index in [4.69, 9.17) is 4.74 Å². The Kier molecular flexibility index (Phi) is 11.1. The lowest BCUT2D eigenvalue weighted by Crippen LogP contribution is -2.63. The lowest BCUT2D eigenvalue weighted by Gasteiger charge is -2.56. The zero-order valence-electron chi connectivity index (χ0n) is 33.3. The summed E-state index contributed by atoms with van der Waals surface area (Å²) in [6, 6.07) is 10.0. The third-order valence-electron chi connectivity index (χ3n) is 13.8. The van der Waals surface area contributed by atoms with Crippen molar-refractivity contribution in [1.82, 2.24) is 15.1 Å². The number of phenols is 1. The number of piperazine rings is 1. The number of β-lactam (4-membered cyclic amide) rings is 1. The number of ether oxygens (including phenoxy) is 1. The first-order valence-corrected chi connectivity index (χ1v) is 20.8. The zero-order valence-corrected chi connectivity index (χ0v) is 33.3. The predicted octanol–water partition coefficient (Wildman–Crippen LogP) is 6.71. The Morgan fingerprint density at radius 3 is 1.98 bits per heavy atom. The van der Waals surface area contributed by atoms with E-state index in [2.05, 4.69) is 37.0 Å². The fourth-order valence-corrected chi connectivity index (χ4v) is 10.2. The lowest BCUT2D eigenvalue weighted by molar-refractivity contribution is -0.141. The number of benzene rings is 3. The number of anilines is 3. The molecule has 5 heterocycles. The molecule has 0 radical (unpaired) electrons. The molecule has 0 bridgehead atoms. The molecule has 5 aliphatic rings. The minimum Gasteiger partial charge on any atom is -0.503 e. The van der Waals surface area contributed by atoms with Gasteiger partial charge in [0.15, 0.2) is 11.6 Å². The van der Waals surface area contributed by atoms with E-state index >= 15 is 4.39 Å². The quantitative estimate of drug-likeness (QED) is 0.208. The highest BCUT2D eigenvalue weighted by atomic mass is 19.1. The van der Waals surface area contributed by atoms with Crippen LogP contribution < -0.4 is 24.8 Å². The van der Waals surface area contributed by atoms with Crippen LogP contribution in [0, 0.1) is 34.7 Å². The van der Waals surface area contributed by atoms with Crippen LogP contribution in [0.25, 0.3) is 0 Å². The number of hydrogen-bond acceptors (Lipinski definition) is 8. The minimum absolute atomic E-state index is 0.0294. The van der Waals surface area contributed by atoms with Gasteiger partial charge in [0.25, 0.3) is 5.91 Å². The number of piperidine rings is 2. The molecule has 3 aromatic rings. The van der Waals surface area contributed by atoms with Crippen LogP contribution in [0.5, 0.6) is 11.5 Å². The maximum atomic E-state index is 16.2. The van der Waals surface area contributed by atoms with Crippen LogP contribution in [0.3, 0.4) is 0 Å². The number of nitrogens with one attached hydrogen (secondary N) is 1. The van der Waals surface area contributed by atoms with Gasteiger partial charge >= 0.3 is 0 Å². The molecule has 2 N–H and O–H groups in total. The van der Waals surface area contributed by atoms with Gasteiger partial charge in [-0.25, -0.2) is 13.2 Å². The van der Waals surface area contributed by atoms with Crippen LogP contribution in [0.4, 0.5) is 30.2 Å². The molecule has 5 aliphatic heterocycles. The maximum Gasteiger partial charge on any atom is 0.251 e. The van der Waals surface area contributed by atoms with E-state index in [0.29, 0.717) is 67.4 Å². The third kappa shape index (κ3) is 7.30. The molecule has 13 heteroatoms. The van der Waals surface area contributed by atoms with E-state index in [1.807, 2.05) is 19.9 Å². The number of aromatic hydroxyl groups is 1. The molecule has 0 saturated carbocycles. The Balaban J connectivity index is 0.837. The van der Waals surface area contributed by atoms with Crippen LogP contribution in [0.1, 0.15) is 79.9 Å². The van der Waals surface area contributed by atoms with Crippen molar-refractivity contribution in [2.24, 2.45) is 17.3 Å². The van der Waals surface area contributed by atoms with Crippen molar-refractivity contribution in [3.63, 3.8) is 0 Å². The van der Waals surface area contributed by atoms with Crippen molar-refractivity contribution >= 4 is 28.9 Å². The molecule has 4 saturated heterocycles. The van der Waals surface area contributed by atoms with Crippen LogP contribution in [-0.4, -0.2) is 99.3 Å². The molecular formula is C44H55F3N6O4. The van der Waals surface area contributed by atoms with Gasteiger partial charge in [0, 0.05) is 107 Å². The smallest absolute Gasteiger partial charge is 0.251 e. The van der Waals surface area contributed by atoms with Crippen molar-refractivity contribution in [2.45, 2.75) is 65.0 Å². The zero-order chi connectivity index (χ0) is 40.0. The largest absolute Gasteiger partial charge is 0.503 e. The van der Waals surface area contributed by atoms with Crippen LogP contribution in [0.15, 0.2) is 42.5 Å². The summed E-state index contributed by atoms with van der Waals surface area (Å²) in [5.74, 6) is -2.10. The number of carbonyl (C=O) groups excluding carboxylic acids is 2. The SMILES string of the molecule is CCC1(CC)C(=O)N(c2cc(F)cc(F)c2O)C1c1cc(F)c(N2CCC(CN3CCN(CC4CCN(c5ccc6c(c5)CNC6=O)CC4)CC3)CC2)cc1OC. The molecule has 10 nitrogen and oxygen atoms in total. The number of halogens is 3. The van der Waals surface area contributed by atoms with Crippen LogP contribution >= 0.6 is 0 Å². The summed E-state index contributed by atoms with van der Waals surface area (Å²) in [6.45, 7) is 14.4. The predicted molar refractivity (Wildman–Crippen MR) is 215 cm³/mol. The topological polar surface area (TPSA) is 91.8 Å². The Morgan fingerprint density at radius 2 is 1.39 bits per heavy atom. The Bertz CT molecular complexity index is 1990. The molecule has 1 atom stereocenters. The molecule has 3 aromatic carbocycles. The highest BCUT2D eigenvalue weighted by Crippen LogP contribution is 2.59. The van der Waals surface area contributed by atoms with E-state index < -0.39 is 34.7 Å². The van der Waals surface area contributed by atoms with Crippen molar-refractivity contribution in [3.8, 4) is 11.5 Å². The van der Waals surface area contributed by atoms with Gasteiger partial charge in [-0.15, -0.1) is 0 Å². The number of methoxy groups -OCH3 is 1. The summed E-state index contributed by atoms with van der Waals surface area (Å²) in [6.07, 6.45) is 5.08. The Labute approximate surface area is 333 Å². The first-order chi connectivity index (χ1) is 27.5. The van der Waals surface area contributed by atoms with Crippen molar-refractivity contribution in [1.29, 1.82) is 0 Å². The minimum atomic E-state index is -1.17. The van der Waals surface area contributed by atoms with Gasteiger partial charge in [-0.1, -0.05) is 13.8 Å². The molecule has 8 rings (SSSR count). The summed E-state index contributed by atoms with van der Waals surface area (Å²) in [5, 5.41) is 13.5. The average molecular weight is 789 g/mol. The fourth-order valence-electron chi connectivity index (χ4n) is 10.2. The van der Waals surface area contributed by atoms with Gasteiger partial charge in [-0.3, -0.25) is 14.5 Å². The van der Waals surface area contributed by atoms with E-state index in [1.54, 1.807) is 6.07 Å². The fraction of sp³-hybridized carbons (Fsp3) is 0.545. The van der Waals surface area contributed by atoms with E-state index in [1.165, 1.54) is 36.6 Å². The van der Waals surface area contributed by atoms with E-state index in [-0.39, 0.29) is 17.5 Å². The summed E-state index contributed by atoms with van der Waals surface area (Å²) >= 11 is 0. The molecular weight excluding hydrogens is 734 g/mol. The normalized spacial score (nSPS) is 22.1. The molecule has 2 amide bonds. The van der Waals surface area contributed by atoms with Crippen molar-refractivity contribution < 1.29 is 32.6 Å². The lowest BCUT2D eigenvalue weighted by atomic mass is 9.64. The third-order valence-corrected chi connectivity index (χ3v) is 13.8. The van der Waals surface area contributed by atoms with E-state index in [0.717, 1.165) is 82.4 Å². The Morgan fingerprint density at radius 1 is 0.772 bits per heavy atom. The van der Waals surface area contributed by atoms with Gasteiger partial charge in [0.2, 0.25) is 5.91 Å². The summed E-state index contributed by atoms with van der Waals surface area (Å²) < 4.78 is 50.8. The number of phenolic OH excluding ortho intramolecular Hbond substituents is 1. The molecule has 57 heavy (non-hydrogen) atoms. The first kappa shape index (κ1) is 39.3. The van der Waals surface area contributed by atoms with Crippen molar-refractivity contribution in [3.05, 3.63) is 76.6 Å². The second-order valence-electron chi connectivity index (χ2n) is 16.7. The molecule has 306 valence electrons. The number of carbonyl (C=O) groups is 2. The van der Waals surface area contributed by atoms with Crippen molar-refractivity contribution in [2.75, 3.05) is 87.3 Å². The number of rotatable bonds is 11. The standard InChI is InChI=1S/C44H55F3N6O4/c1-4-44(5-2)41(53(43(44)56)38-22-31(45)21-36(47)40(38)54)34-23-35(46)37(24-39(34)57-3)52-14-10-29(11-15-52)27-50-18-16-49(17-19-50)26-28-8-12-51(13-9-28)32-6-7-33-30(20-32)25-48-42(33)55/h6-7,20-24,28-29,41,54H,4-5,8-19,25-27H2,1-3H3,(H,48,55). The highest BCUT2D eigenvalue weighted by Gasteiger charge is 2.61. The molecule has 0 aromatic heterocycles. The molecule has 4 fully saturated rings. The van der Waals surface area contributed by atoms with Crippen LogP contribution in [-0.2, 0) is 11.3 Å². The van der Waals surface area contributed by atoms with E-state index in [9.17, 15) is 23.5 Å². The highest BCUT2D eigenvalue weighted by molar-refractivity contribution is 6.07. The van der Waals surface area contributed by atoms with Gasteiger partial charge in [0.1, 0.15) is 17.4 Å². The Hall–Kier alpha value is -4.49. The second kappa shape index (κ2) is 16.0. The summed E-state index contributed by atoms with van der Waals surface area (Å²) in [4.78, 5) is 36.5. The summed E-state index contributed by atoms with van der Waals surface area (Å²) in [5.41, 5.74) is 2.73. The summed E-state index contributed by atoms with van der Waals surface area (Å²) in [7, 11) is 1.50. The number of hydrogen-bond donors (Lipinski definition) is 2. The van der Waals surface area contributed by atoms with Crippen LogP contribution in [0.2, 0.25) is 0 Å². The average Bonchev–Trinajstić information content (AvgIpc) is 3.60. The maximum absolute atomic E-state index is 16.2. The first-order valence-electron chi connectivity index (χ1n) is 20.8.